The van der Waals surface area contributed by atoms with E-state index in [1.807, 2.05) is 17.5 Å². The monoisotopic (exact) mass is 410 g/mol. The molecule has 4 aromatic rings. The average Bonchev–Trinajstić information content (AvgIpc) is 3.51. The van der Waals surface area contributed by atoms with Gasteiger partial charge in [0.1, 0.15) is 6.54 Å². The molecule has 0 saturated carbocycles. The third kappa shape index (κ3) is 3.32. The molecular formula is C20H18N4O4S. The van der Waals surface area contributed by atoms with Gasteiger partial charge in [0.15, 0.2) is 0 Å². The van der Waals surface area contributed by atoms with E-state index in [4.69, 9.17) is 9.26 Å². The number of hydrogen-bond donors (Lipinski definition) is 0. The van der Waals surface area contributed by atoms with Crippen molar-refractivity contribution in [2.75, 3.05) is 6.61 Å². The first-order valence-corrected chi connectivity index (χ1v) is 10.3. The number of nitrogens with zero attached hydrogens (tertiary/aromatic N) is 4. The zero-order chi connectivity index (χ0) is 19.8. The van der Waals surface area contributed by atoms with Crippen molar-refractivity contribution in [3.63, 3.8) is 0 Å². The molecule has 0 N–H and O–H groups in total. The molecule has 1 aliphatic rings. The Morgan fingerprint density at radius 2 is 2.03 bits per heavy atom. The van der Waals surface area contributed by atoms with Crippen molar-refractivity contribution in [3.05, 3.63) is 68.5 Å². The maximum Gasteiger partial charge on any atom is 0.332 e. The number of thiophene rings is 1. The number of ether oxygens (including phenoxy) is 1. The summed E-state index contributed by atoms with van der Waals surface area (Å²) in [4.78, 5) is 31.5. The SMILES string of the molecule is O=c1c2ccccc2n(Cc2nc(-c3cccs3)no2)c(=O)n1C[C@@H]1CCCO1. The molecule has 1 fully saturated rings. The molecule has 0 bridgehead atoms. The third-order valence-electron chi connectivity index (χ3n) is 5.05. The fraction of sp³-hybridized carbons (Fsp3) is 0.300. The molecule has 1 aromatic carbocycles. The largest absolute Gasteiger partial charge is 0.376 e. The van der Waals surface area contributed by atoms with Crippen LogP contribution in [0, 0.1) is 0 Å². The number of fused-ring (bicyclic) bond motifs is 1. The van der Waals surface area contributed by atoms with E-state index in [1.165, 1.54) is 20.5 Å². The van der Waals surface area contributed by atoms with Gasteiger partial charge in [0, 0.05) is 6.61 Å². The lowest BCUT2D eigenvalue weighted by atomic mass is 10.2. The number of hydrogen-bond acceptors (Lipinski definition) is 7. The van der Waals surface area contributed by atoms with Crippen LogP contribution in [0.15, 0.2) is 55.9 Å². The molecule has 0 unspecified atom stereocenters. The summed E-state index contributed by atoms with van der Waals surface area (Å²) in [5.41, 5.74) is -0.163. The molecule has 9 heteroatoms. The van der Waals surface area contributed by atoms with Gasteiger partial charge in [-0.1, -0.05) is 23.4 Å². The van der Waals surface area contributed by atoms with Crippen molar-refractivity contribution in [1.29, 1.82) is 0 Å². The minimum absolute atomic E-state index is 0.0868. The molecular weight excluding hydrogens is 392 g/mol. The number of para-hydroxylation sites is 1. The lowest BCUT2D eigenvalue weighted by Crippen LogP contribution is -2.42. The van der Waals surface area contributed by atoms with Crippen LogP contribution in [0.1, 0.15) is 18.7 Å². The van der Waals surface area contributed by atoms with Crippen LogP contribution in [0.25, 0.3) is 21.6 Å². The lowest BCUT2D eigenvalue weighted by Gasteiger charge is -2.15. The lowest BCUT2D eigenvalue weighted by molar-refractivity contribution is 0.0948. The second-order valence-electron chi connectivity index (χ2n) is 6.93. The quantitative estimate of drug-likeness (QED) is 0.502. The van der Waals surface area contributed by atoms with Crippen LogP contribution in [0.3, 0.4) is 0 Å². The molecule has 0 spiro atoms. The first-order valence-electron chi connectivity index (χ1n) is 9.41. The van der Waals surface area contributed by atoms with E-state index in [-0.39, 0.29) is 24.8 Å². The van der Waals surface area contributed by atoms with Gasteiger partial charge < -0.3 is 9.26 Å². The molecule has 3 aromatic heterocycles. The second-order valence-corrected chi connectivity index (χ2v) is 7.87. The highest BCUT2D eigenvalue weighted by molar-refractivity contribution is 7.13. The summed E-state index contributed by atoms with van der Waals surface area (Å²) in [5.74, 6) is 0.794. The highest BCUT2D eigenvalue weighted by atomic mass is 32.1. The van der Waals surface area contributed by atoms with Crippen molar-refractivity contribution in [2.24, 2.45) is 0 Å². The molecule has 0 amide bonds. The van der Waals surface area contributed by atoms with Crippen LogP contribution in [0.5, 0.6) is 0 Å². The van der Waals surface area contributed by atoms with Gasteiger partial charge >= 0.3 is 5.69 Å². The Labute approximate surface area is 169 Å². The van der Waals surface area contributed by atoms with E-state index < -0.39 is 5.69 Å². The van der Waals surface area contributed by atoms with E-state index in [1.54, 1.807) is 24.3 Å². The summed E-state index contributed by atoms with van der Waals surface area (Å²) in [6.07, 6.45) is 1.66. The molecule has 1 atom stereocenters. The van der Waals surface area contributed by atoms with Crippen LogP contribution in [-0.4, -0.2) is 32.0 Å². The fourth-order valence-corrected chi connectivity index (χ4v) is 4.29. The first kappa shape index (κ1) is 18.0. The van der Waals surface area contributed by atoms with Crippen molar-refractivity contribution in [3.8, 4) is 10.7 Å². The number of aromatic nitrogens is 4. The third-order valence-corrected chi connectivity index (χ3v) is 5.91. The maximum absolute atomic E-state index is 13.2. The van der Waals surface area contributed by atoms with Gasteiger partial charge in [0.25, 0.3) is 5.56 Å². The Morgan fingerprint density at radius 3 is 2.83 bits per heavy atom. The van der Waals surface area contributed by atoms with Crippen molar-refractivity contribution in [1.82, 2.24) is 19.3 Å². The van der Waals surface area contributed by atoms with E-state index in [9.17, 15) is 9.59 Å². The van der Waals surface area contributed by atoms with E-state index in [2.05, 4.69) is 10.1 Å². The smallest absolute Gasteiger partial charge is 0.332 e. The maximum atomic E-state index is 13.2. The Kier molecular flexibility index (Phi) is 4.61. The van der Waals surface area contributed by atoms with Crippen LogP contribution in [0.4, 0.5) is 0 Å². The first-order chi connectivity index (χ1) is 14.2. The molecule has 1 saturated heterocycles. The summed E-state index contributed by atoms with van der Waals surface area (Å²) in [6.45, 7) is 0.991. The van der Waals surface area contributed by atoms with Gasteiger partial charge in [-0.25, -0.2) is 4.79 Å². The molecule has 0 aliphatic carbocycles. The molecule has 148 valence electrons. The molecule has 29 heavy (non-hydrogen) atoms. The number of benzene rings is 1. The topological polar surface area (TPSA) is 92.2 Å². The van der Waals surface area contributed by atoms with Gasteiger partial charge in [-0.2, -0.15) is 4.98 Å². The highest BCUT2D eigenvalue weighted by Gasteiger charge is 2.21. The predicted octanol–water partition coefficient (Wildman–Crippen LogP) is 2.50. The summed E-state index contributed by atoms with van der Waals surface area (Å²) < 4.78 is 13.8. The summed E-state index contributed by atoms with van der Waals surface area (Å²) in [5, 5.41) is 6.42. The van der Waals surface area contributed by atoms with Crippen LogP contribution >= 0.6 is 11.3 Å². The van der Waals surface area contributed by atoms with Gasteiger partial charge in [-0.3, -0.25) is 13.9 Å². The molecule has 8 nitrogen and oxygen atoms in total. The van der Waals surface area contributed by atoms with Crippen LogP contribution < -0.4 is 11.2 Å². The van der Waals surface area contributed by atoms with Crippen molar-refractivity contribution < 1.29 is 9.26 Å². The minimum Gasteiger partial charge on any atom is -0.376 e. The zero-order valence-corrected chi connectivity index (χ0v) is 16.3. The minimum atomic E-state index is -0.403. The summed E-state index contributed by atoms with van der Waals surface area (Å²) >= 11 is 1.51. The van der Waals surface area contributed by atoms with Crippen molar-refractivity contribution >= 4 is 22.2 Å². The van der Waals surface area contributed by atoms with Gasteiger partial charge in [0.05, 0.1) is 28.4 Å². The van der Waals surface area contributed by atoms with Gasteiger partial charge in [-0.15, -0.1) is 11.3 Å². The Balaban J connectivity index is 1.59. The normalized spacial score (nSPS) is 16.6. The molecule has 1 aliphatic heterocycles. The highest BCUT2D eigenvalue weighted by Crippen LogP contribution is 2.21. The molecule has 4 heterocycles. The van der Waals surface area contributed by atoms with Gasteiger partial charge in [-0.05, 0) is 36.4 Å². The van der Waals surface area contributed by atoms with Crippen LogP contribution in [0.2, 0.25) is 0 Å². The molecule has 5 rings (SSSR count). The Bertz CT molecular complexity index is 1270. The average molecular weight is 410 g/mol. The Morgan fingerprint density at radius 1 is 1.14 bits per heavy atom. The zero-order valence-electron chi connectivity index (χ0n) is 15.5. The van der Waals surface area contributed by atoms with E-state index in [0.29, 0.717) is 29.2 Å². The van der Waals surface area contributed by atoms with E-state index in [0.717, 1.165) is 17.7 Å². The summed E-state index contributed by atoms with van der Waals surface area (Å²) in [7, 11) is 0. The standard InChI is InChI=1S/C20H18N4O4S/c25-19-14-6-1-2-7-15(14)23(20(26)24(19)11-13-5-3-9-27-13)12-17-21-18(22-28-17)16-8-4-10-29-16/h1-2,4,6-8,10,13H,3,5,9,11-12H2/t13-/m0/s1. The Hall–Kier alpha value is -3.04. The summed E-state index contributed by atoms with van der Waals surface area (Å²) in [6, 6.07) is 10.9. The number of rotatable bonds is 5. The van der Waals surface area contributed by atoms with Crippen molar-refractivity contribution in [2.45, 2.75) is 32.0 Å². The van der Waals surface area contributed by atoms with Gasteiger partial charge in [0.2, 0.25) is 11.7 Å². The second kappa shape index (κ2) is 7.41. The van der Waals surface area contributed by atoms with Crippen LogP contribution in [-0.2, 0) is 17.8 Å². The predicted molar refractivity (Wildman–Crippen MR) is 108 cm³/mol. The fourth-order valence-electron chi connectivity index (χ4n) is 3.64. The molecule has 0 radical (unpaired) electrons. The van der Waals surface area contributed by atoms with E-state index >= 15 is 0 Å².